The van der Waals surface area contributed by atoms with Crippen molar-refractivity contribution in [2.45, 2.75) is 51.6 Å². The van der Waals surface area contributed by atoms with Gasteiger partial charge in [-0.05, 0) is 75.9 Å². The van der Waals surface area contributed by atoms with Crippen molar-refractivity contribution in [1.29, 1.82) is 0 Å². The van der Waals surface area contributed by atoms with Gasteiger partial charge in [-0.2, -0.15) is 0 Å². The summed E-state index contributed by atoms with van der Waals surface area (Å²) in [7, 11) is 0. The van der Waals surface area contributed by atoms with Crippen LogP contribution in [-0.2, 0) is 0 Å². The fourth-order valence-electron chi connectivity index (χ4n) is 4.46. The Bertz CT molecular complexity index is 1270. The zero-order valence-corrected chi connectivity index (χ0v) is 19.2. The maximum atomic E-state index is 13.0. The third-order valence-corrected chi connectivity index (χ3v) is 6.19. The van der Waals surface area contributed by atoms with Gasteiger partial charge < -0.3 is 9.64 Å². The molecule has 0 unspecified atom stereocenters. The first kappa shape index (κ1) is 21.2. The number of rotatable bonds is 4. The number of carbonyl (C=O) groups is 1. The van der Waals surface area contributed by atoms with E-state index >= 15 is 0 Å². The van der Waals surface area contributed by atoms with Gasteiger partial charge in [0.1, 0.15) is 17.7 Å². The van der Waals surface area contributed by atoms with Crippen molar-refractivity contribution >= 4 is 17.1 Å². The zero-order valence-electron chi connectivity index (χ0n) is 19.2. The van der Waals surface area contributed by atoms with Crippen LogP contribution in [0.15, 0.2) is 73.2 Å². The third-order valence-electron chi connectivity index (χ3n) is 6.19. The lowest BCUT2D eigenvalue weighted by Crippen LogP contribution is -2.55. The highest BCUT2D eigenvalue weighted by atomic mass is 16.6. The molecule has 168 valence electrons. The van der Waals surface area contributed by atoms with Crippen LogP contribution in [0.25, 0.3) is 28.0 Å². The smallest absolute Gasteiger partial charge is 0.410 e. The van der Waals surface area contributed by atoms with Gasteiger partial charge in [-0.25, -0.2) is 14.8 Å². The molecule has 0 radical (unpaired) electrons. The minimum absolute atomic E-state index is 0.260. The molecule has 4 aromatic rings. The van der Waals surface area contributed by atoms with Gasteiger partial charge in [-0.3, -0.25) is 4.57 Å². The quantitative estimate of drug-likeness (QED) is 0.377. The number of ether oxygens (including phenoxy) is 1. The summed E-state index contributed by atoms with van der Waals surface area (Å²) in [6.07, 6.45) is 6.33. The summed E-state index contributed by atoms with van der Waals surface area (Å²) in [6, 6.07) is 20.2. The lowest BCUT2D eigenvalue weighted by atomic mass is 9.88. The fraction of sp³-hybridized carbons (Fsp3) is 0.296. The van der Waals surface area contributed by atoms with Crippen LogP contribution in [0, 0.1) is 0 Å². The van der Waals surface area contributed by atoms with Gasteiger partial charge >= 0.3 is 6.09 Å². The SMILES string of the molecule is CC(C)(C)N(C(=O)Oc1ccc(-n2c(-c3ccccc3)cc3cncnc32)cc1)C1CCC1. The highest BCUT2D eigenvalue weighted by molar-refractivity contribution is 5.86. The molecule has 33 heavy (non-hydrogen) atoms. The number of hydrogen-bond donors (Lipinski definition) is 0. The Kier molecular flexibility index (Phi) is 5.36. The van der Waals surface area contributed by atoms with Crippen LogP contribution < -0.4 is 4.74 Å². The number of aromatic nitrogens is 3. The van der Waals surface area contributed by atoms with E-state index in [1.807, 2.05) is 53.6 Å². The first-order chi connectivity index (χ1) is 15.9. The molecule has 1 aliphatic carbocycles. The molecule has 1 aliphatic rings. The lowest BCUT2D eigenvalue weighted by Gasteiger charge is -2.44. The summed E-state index contributed by atoms with van der Waals surface area (Å²) in [6.45, 7) is 6.17. The Balaban J connectivity index is 1.46. The summed E-state index contributed by atoms with van der Waals surface area (Å²) in [5, 5.41) is 0.966. The number of amides is 1. The molecule has 0 aliphatic heterocycles. The topological polar surface area (TPSA) is 60.2 Å². The van der Waals surface area contributed by atoms with Gasteiger partial charge in [0.15, 0.2) is 0 Å². The Morgan fingerprint density at radius 2 is 1.79 bits per heavy atom. The minimum atomic E-state index is -0.288. The van der Waals surface area contributed by atoms with E-state index in [-0.39, 0.29) is 17.7 Å². The number of carbonyl (C=O) groups excluding carboxylic acids is 1. The predicted octanol–water partition coefficient (Wildman–Crippen LogP) is 6.24. The van der Waals surface area contributed by atoms with Crippen molar-refractivity contribution in [3.05, 3.63) is 73.2 Å². The second kappa shape index (κ2) is 8.35. The van der Waals surface area contributed by atoms with Crippen molar-refractivity contribution in [1.82, 2.24) is 19.4 Å². The number of nitrogens with zero attached hydrogens (tertiary/aromatic N) is 4. The number of benzene rings is 2. The molecule has 2 heterocycles. The second-order valence-electron chi connectivity index (χ2n) is 9.52. The van der Waals surface area contributed by atoms with E-state index in [1.165, 1.54) is 0 Å². The predicted molar refractivity (Wildman–Crippen MR) is 130 cm³/mol. The van der Waals surface area contributed by atoms with Gasteiger partial charge in [0.2, 0.25) is 0 Å². The molecule has 1 amide bonds. The Morgan fingerprint density at radius 1 is 1.06 bits per heavy atom. The summed E-state index contributed by atoms with van der Waals surface area (Å²) < 4.78 is 7.89. The van der Waals surface area contributed by atoms with E-state index in [9.17, 15) is 4.79 Å². The van der Waals surface area contributed by atoms with Crippen molar-refractivity contribution in [3.8, 4) is 22.7 Å². The van der Waals surface area contributed by atoms with Gasteiger partial charge in [0, 0.05) is 28.9 Å². The van der Waals surface area contributed by atoms with Gasteiger partial charge in [-0.1, -0.05) is 30.3 Å². The molecule has 0 N–H and O–H groups in total. The van der Waals surface area contributed by atoms with Gasteiger partial charge in [0.05, 0.1) is 5.69 Å². The van der Waals surface area contributed by atoms with Crippen molar-refractivity contribution < 1.29 is 9.53 Å². The van der Waals surface area contributed by atoms with Crippen LogP contribution in [0.2, 0.25) is 0 Å². The first-order valence-electron chi connectivity index (χ1n) is 11.4. The average Bonchev–Trinajstić information content (AvgIpc) is 3.16. The fourth-order valence-corrected chi connectivity index (χ4v) is 4.46. The summed E-state index contributed by atoms with van der Waals surface area (Å²) in [4.78, 5) is 23.6. The molecular weight excluding hydrogens is 412 g/mol. The largest absolute Gasteiger partial charge is 0.415 e. The summed E-state index contributed by atoms with van der Waals surface area (Å²) in [5.41, 5.74) is 3.61. The van der Waals surface area contributed by atoms with Crippen LogP contribution in [0.5, 0.6) is 5.75 Å². The first-order valence-corrected chi connectivity index (χ1v) is 11.4. The lowest BCUT2D eigenvalue weighted by molar-refractivity contribution is 0.0469. The third kappa shape index (κ3) is 4.09. The van der Waals surface area contributed by atoms with Crippen LogP contribution in [0.1, 0.15) is 40.0 Å². The molecule has 2 aromatic carbocycles. The van der Waals surface area contributed by atoms with E-state index in [2.05, 4.69) is 53.5 Å². The monoisotopic (exact) mass is 440 g/mol. The normalized spacial score (nSPS) is 14.2. The van der Waals surface area contributed by atoms with E-state index < -0.39 is 0 Å². The Labute approximate surface area is 193 Å². The second-order valence-corrected chi connectivity index (χ2v) is 9.52. The molecular formula is C27H28N4O2. The number of hydrogen-bond acceptors (Lipinski definition) is 4. The van der Waals surface area contributed by atoms with Gasteiger partial charge in [0.25, 0.3) is 0 Å². The molecule has 0 bridgehead atoms. The van der Waals surface area contributed by atoms with E-state index in [4.69, 9.17) is 4.74 Å². The van der Waals surface area contributed by atoms with Crippen molar-refractivity contribution in [3.63, 3.8) is 0 Å². The maximum Gasteiger partial charge on any atom is 0.415 e. The molecule has 1 saturated carbocycles. The Morgan fingerprint density at radius 3 is 2.42 bits per heavy atom. The molecule has 2 aromatic heterocycles. The molecule has 6 heteroatoms. The number of fused-ring (bicyclic) bond motifs is 1. The molecule has 1 fully saturated rings. The molecule has 0 atom stereocenters. The molecule has 6 nitrogen and oxygen atoms in total. The highest BCUT2D eigenvalue weighted by Gasteiger charge is 2.37. The van der Waals surface area contributed by atoms with Crippen LogP contribution in [-0.4, -0.2) is 37.1 Å². The van der Waals surface area contributed by atoms with Crippen LogP contribution in [0.3, 0.4) is 0 Å². The van der Waals surface area contributed by atoms with Crippen molar-refractivity contribution in [2.75, 3.05) is 0 Å². The average molecular weight is 441 g/mol. The molecule has 5 rings (SSSR count). The van der Waals surface area contributed by atoms with E-state index in [0.717, 1.165) is 47.2 Å². The van der Waals surface area contributed by atoms with Gasteiger partial charge in [-0.15, -0.1) is 0 Å². The molecule has 0 saturated heterocycles. The minimum Gasteiger partial charge on any atom is -0.410 e. The Hall–Kier alpha value is -3.67. The van der Waals surface area contributed by atoms with E-state index in [0.29, 0.717) is 5.75 Å². The maximum absolute atomic E-state index is 13.0. The van der Waals surface area contributed by atoms with Crippen LogP contribution >= 0.6 is 0 Å². The summed E-state index contributed by atoms with van der Waals surface area (Å²) >= 11 is 0. The highest BCUT2D eigenvalue weighted by Crippen LogP contribution is 2.33. The summed E-state index contributed by atoms with van der Waals surface area (Å²) in [5.74, 6) is 0.532. The zero-order chi connectivity index (χ0) is 23.0. The standard InChI is InChI=1S/C27H28N4O2/c1-27(2,3)31(22-10-7-11-22)26(32)33-23-14-12-21(13-15-23)30-24(19-8-5-4-6-9-19)16-20-17-28-18-29-25(20)30/h4-6,8-9,12-18,22H,7,10-11H2,1-3H3. The van der Waals surface area contributed by atoms with Crippen LogP contribution in [0.4, 0.5) is 4.79 Å². The molecule has 0 spiro atoms. The van der Waals surface area contributed by atoms with E-state index in [1.54, 1.807) is 6.33 Å². The van der Waals surface area contributed by atoms with Crippen molar-refractivity contribution in [2.24, 2.45) is 0 Å².